The van der Waals surface area contributed by atoms with E-state index in [9.17, 15) is 14.7 Å². The first-order valence-corrected chi connectivity index (χ1v) is 9.60. The predicted octanol–water partition coefficient (Wildman–Crippen LogP) is 1.47. The van der Waals surface area contributed by atoms with Crippen molar-refractivity contribution in [2.45, 2.75) is 38.0 Å². The van der Waals surface area contributed by atoms with E-state index in [0.717, 1.165) is 31.6 Å². The number of carboxylic acids is 1. The Morgan fingerprint density at radius 3 is 2.41 bits per heavy atom. The Morgan fingerprint density at radius 2 is 1.79 bits per heavy atom. The van der Waals surface area contributed by atoms with Crippen LogP contribution in [0, 0.1) is 0 Å². The highest BCUT2D eigenvalue weighted by molar-refractivity contribution is 5.94. The number of aromatic nitrogens is 2. The van der Waals surface area contributed by atoms with Crippen molar-refractivity contribution >= 4 is 23.5 Å². The summed E-state index contributed by atoms with van der Waals surface area (Å²) >= 11 is 0. The fraction of sp³-hybridized carbons (Fsp3) is 0.400. The predicted molar refractivity (Wildman–Crippen MR) is 108 cm³/mol. The van der Waals surface area contributed by atoms with E-state index in [0.29, 0.717) is 17.6 Å². The number of aliphatic carboxylic acids is 1. The van der Waals surface area contributed by atoms with Crippen molar-refractivity contribution in [2.24, 2.45) is 0 Å². The van der Waals surface area contributed by atoms with Gasteiger partial charge in [-0.3, -0.25) is 9.59 Å². The number of hydrogen-bond donors (Lipinski definition) is 4. The highest BCUT2D eigenvalue weighted by Crippen LogP contribution is 2.22. The second-order valence-corrected chi connectivity index (χ2v) is 6.95. The van der Waals surface area contributed by atoms with Crippen LogP contribution in [-0.4, -0.2) is 57.4 Å². The topological polar surface area (TPSA) is 128 Å². The quantitative estimate of drug-likeness (QED) is 0.492. The lowest BCUT2D eigenvalue weighted by Crippen LogP contribution is -2.39. The molecule has 9 nitrogen and oxygen atoms in total. The van der Waals surface area contributed by atoms with Crippen LogP contribution in [0.25, 0.3) is 0 Å². The van der Waals surface area contributed by atoms with Crippen LogP contribution in [0.2, 0.25) is 0 Å². The Morgan fingerprint density at radius 1 is 1.14 bits per heavy atom. The van der Waals surface area contributed by atoms with Gasteiger partial charge in [-0.15, -0.1) is 0 Å². The van der Waals surface area contributed by atoms with Crippen LogP contribution in [0.4, 0.5) is 11.6 Å². The van der Waals surface area contributed by atoms with Gasteiger partial charge in [0, 0.05) is 55.6 Å². The summed E-state index contributed by atoms with van der Waals surface area (Å²) in [6.45, 7) is 1.76. The Balaban J connectivity index is 1.48. The lowest BCUT2D eigenvalue weighted by molar-refractivity contribution is -0.137. The van der Waals surface area contributed by atoms with Crippen LogP contribution in [0.1, 0.15) is 36.0 Å². The van der Waals surface area contributed by atoms with E-state index in [2.05, 4.69) is 25.5 Å². The van der Waals surface area contributed by atoms with Gasteiger partial charge in [0.2, 0.25) is 5.95 Å². The molecule has 0 aliphatic carbocycles. The largest absolute Gasteiger partial charge is 0.481 e. The number of anilines is 2. The molecule has 2 heterocycles. The molecule has 0 radical (unpaired) electrons. The maximum atomic E-state index is 12.2. The first-order chi connectivity index (χ1) is 14.0. The van der Waals surface area contributed by atoms with Crippen molar-refractivity contribution in [3.05, 3.63) is 48.3 Å². The standard InChI is InChI=1S/C20H25N5O4/c26-17(6-7-18(27)28)24-19(29)14-2-4-16(5-3-14)25-12-8-15(9-13-25)23-20-21-10-1-11-22-20/h1-5,10-11,15,17,26H,6-9,12-13H2,(H,24,29)(H,27,28)(H,21,22,23). The zero-order valence-corrected chi connectivity index (χ0v) is 16.0. The molecule has 1 aromatic heterocycles. The van der Waals surface area contributed by atoms with E-state index in [4.69, 9.17) is 5.11 Å². The van der Waals surface area contributed by atoms with E-state index < -0.39 is 18.1 Å². The normalized spacial score (nSPS) is 15.6. The Hall–Kier alpha value is -3.20. The van der Waals surface area contributed by atoms with Crippen LogP contribution < -0.4 is 15.5 Å². The number of nitrogens with one attached hydrogen (secondary N) is 2. The molecule has 154 valence electrons. The summed E-state index contributed by atoms with van der Waals surface area (Å²) in [5, 5.41) is 24.1. The van der Waals surface area contributed by atoms with Crippen molar-refractivity contribution < 1.29 is 19.8 Å². The third kappa shape index (κ3) is 6.15. The van der Waals surface area contributed by atoms with Crippen molar-refractivity contribution in [2.75, 3.05) is 23.3 Å². The minimum Gasteiger partial charge on any atom is -0.481 e. The van der Waals surface area contributed by atoms with Gasteiger partial charge in [-0.1, -0.05) is 0 Å². The molecular weight excluding hydrogens is 374 g/mol. The molecule has 1 amide bonds. The molecule has 1 unspecified atom stereocenters. The molecule has 1 fully saturated rings. The van der Waals surface area contributed by atoms with Crippen LogP contribution in [-0.2, 0) is 4.79 Å². The molecule has 1 aliphatic rings. The molecular formula is C20H25N5O4. The zero-order chi connectivity index (χ0) is 20.6. The maximum Gasteiger partial charge on any atom is 0.303 e. The minimum atomic E-state index is -1.18. The van der Waals surface area contributed by atoms with Gasteiger partial charge in [0.1, 0.15) is 6.23 Å². The highest BCUT2D eigenvalue weighted by atomic mass is 16.4. The Bertz CT molecular complexity index is 807. The Labute approximate surface area is 168 Å². The summed E-state index contributed by atoms with van der Waals surface area (Å²) in [4.78, 5) is 33.3. The number of nitrogens with zero attached hydrogens (tertiary/aromatic N) is 3. The van der Waals surface area contributed by atoms with Gasteiger partial charge >= 0.3 is 5.97 Å². The summed E-state index contributed by atoms with van der Waals surface area (Å²) in [5.74, 6) is -0.801. The van der Waals surface area contributed by atoms with Crippen LogP contribution in [0.3, 0.4) is 0 Å². The van der Waals surface area contributed by atoms with Crippen molar-refractivity contribution in [1.29, 1.82) is 0 Å². The van der Waals surface area contributed by atoms with Gasteiger partial charge in [-0.05, 0) is 43.2 Å². The van der Waals surface area contributed by atoms with Gasteiger partial charge in [-0.2, -0.15) is 0 Å². The average molecular weight is 399 g/mol. The number of benzene rings is 1. The molecule has 1 atom stereocenters. The Kier molecular flexibility index (Phi) is 6.96. The fourth-order valence-electron chi connectivity index (χ4n) is 3.23. The van der Waals surface area contributed by atoms with Gasteiger partial charge in [0.05, 0.1) is 0 Å². The van der Waals surface area contributed by atoms with Gasteiger partial charge in [0.15, 0.2) is 0 Å². The van der Waals surface area contributed by atoms with Crippen molar-refractivity contribution in [3.63, 3.8) is 0 Å². The van der Waals surface area contributed by atoms with Crippen LogP contribution in [0.5, 0.6) is 0 Å². The number of aliphatic hydroxyl groups is 1. The van der Waals surface area contributed by atoms with E-state index in [1.165, 1.54) is 0 Å². The first kappa shape index (κ1) is 20.5. The smallest absolute Gasteiger partial charge is 0.303 e. The lowest BCUT2D eigenvalue weighted by atomic mass is 10.0. The molecule has 2 aromatic rings. The van der Waals surface area contributed by atoms with Gasteiger partial charge in [-0.25, -0.2) is 9.97 Å². The highest BCUT2D eigenvalue weighted by Gasteiger charge is 2.20. The summed E-state index contributed by atoms with van der Waals surface area (Å²) in [6, 6.07) is 9.28. The number of piperidine rings is 1. The second kappa shape index (κ2) is 9.83. The van der Waals surface area contributed by atoms with E-state index in [1.807, 2.05) is 12.1 Å². The lowest BCUT2D eigenvalue weighted by Gasteiger charge is -2.34. The molecule has 0 spiro atoms. The molecule has 0 saturated carbocycles. The molecule has 1 aliphatic heterocycles. The maximum absolute atomic E-state index is 12.2. The summed E-state index contributed by atoms with van der Waals surface area (Å²) in [5.41, 5.74) is 1.45. The van der Waals surface area contributed by atoms with Gasteiger partial charge in [0.25, 0.3) is 5.91 Å². The van der Waals surface area contributed by atoms with E-state index >= 15 is 0 Å². The molecule has 0 bridgehead atoms. The zero-order valence-electron chi connectivity index (χ0n) is 16.0. The molecule has 9 heteroatoms. The van der Waals surface area contributed by atoms with Crippen LogP contribution in [0.15, 0.2) is 42.7 Å². The molecule has 3 rings (SSSR count). The van der Waals surface area contributed by atoms with E-state index in [-0.39, 0.29) is 12.8 Å². The number of carboxylic acid groups (broad SMARTS) is 1. The summed E-state index contributed by atoms with van der Waals surface area (Å²) < 4.78 is 0. The second-order valence-electron chi connectivity index (χ2n) is 6.95. The molecule has 4 N–H and O–H groups in total. The summed E-state index contributed by atoms with van der Waals surface area (Å²) in [7, 11) is 0. The SMILES string of the molecule is O=C(O)CCC(O)NC(=O)c1ccc(N2CCC(Nc3ncccn3)CC2)cc1. The molecule has 1 saturated heterocycles. The fourth-order valence-corrected chi connectivity index (χ4v) is 3.23. The van der Waals surface area contributed by atoms with Crippen molar-refractivity contribution in [3.8, 4) is 0 Å². The number of aliphatic hydroxyl groups excluding tert-OH is 1. The number of amides is 1. The van der Waals surface area contributed by atoms with Crippen molar-refractivity contribution in [1.82, 2.24) is 15.3 Å². The number of hydrogen-bond acceptors (Lipinski definition) is 7. The number of carbonyl (C=O) groups is 2. The minimum absolute atomic E-state index is 0.0316. The van der Waals surface area contributed by atoms with Gasteiger partial charge < -0.3 is 25.7 Å². The number of carbonyl (C=O) groups excluding carboxylic acids is 1. The molecule has 29 heavy (non-hydrogen) atoms. The van der Waals surface area contributed by atoms with E-state index in [1.54, 1.807) is 30.6 Å². The average Bonchev–Trinajstić information content (AvgIpc) is 2.74. The monoisotopic (exact) mass is 399 g/mol. The summed E-state index contributed by atoms with van der Waals surface area (Å²) in [6.07, 6.45) is 3.92. The third-order valence-electron chi connectivity index (χ3n) is 4.82. The molecule has 1 aromatic carbocycles. The first-order valence-electron chi connectivity index (χ1n) is 9.60. The third-order valence-corrected chi connectivity index (χ3v) is 4.82. The number of rotatable bonds is 8. The van der Waals surface area contributed by atoms with Crippen LogP contribution >= 0.6 is 0 Å².